The summed E-state index contributed by atoms with van der Waals surface area (Å²) in [5, 5.41) is 36.6. The number of aliphatic carboxylic acids is 1. The molecule has 0 saturated heterocycles. The SMILES string of the molecule is NC(=NCCNC(=O)c1ccc(C(=O)NCCN=C(N)NC(=O)c2nc(Cl)c(N)nc2N)c(O)c1O)NC(=O)c1nc(Cl)c(N)nc1N.O=C(O)C(F)(F)F. The number of hydrogen-bond acceptors (Lipinski definition) is 17. The molecule has 0 unspecified atom stereocenters. The normalized spacial score (nSPS) is 11.4. The number of nitrogens with one attached hydrogen (secondary N) is 4. The second kappa shape index (κ2) is 19.1. The van der Waals surface area contributed by atoms with Crippen molar-refractivity contribution in [2.75, 3.05) is 49.1 Å². The van der Waals surface area contributed by atoms with Crippen LogP contribution < -0.4 is 55.7 Å². The van der Waals surface area contributed by atoms with E-state index in [2.05, 4.69) is 51.2 Å². The summed E-state index contributed by atoms with van der Waals surface area (Å²) < 4.78 is 31.7. The third-order valence-corrected chi connectivity index (χ3v) is 6.52. The Balaban J connectivity index is 0.00000136. The van der Waals surface area contributed by atoms with Crippen molar-refractivity contribution >= 4 is 88.0 Å². The molecule has 1 aromatic carbocycles. The zero-order valence-electron chi connectivity index (χ0n) is 27.4. The smallest absolute Gasteiger partial charge is 0.490 e. The number of phenols is 2. The summed E-state index contributed by atoms with van der Waals surface area (Å²) in [6, 6.07) is 2.20. The molecule has 0 spiro atoms. The molecule has 0 saturated carbocycles. The number of carboxylic acid groups (broad SMARTS) is 1. The molecular weight excluding hydrogens is 792 g/mol. The highest BCUT2D eigenvalue weighted by molar-refractivity contribution is 6.32. The summed E-state index contributed by atoms with van der Waals surface area (Å²) in [6.07, 6.45) is -5.08. The fourth-order valence-corrected chi connectivity index (χ4v) is 3.73. The zero-order valence-corrected chi connectivity index (χ0v) is 28.9. The Hall–Kier alpha value is -7.16. The first-order chi connectivity index (χ1) is 25.5. The van der Waals surface area contributed by atoms with E-state index in [0.29, 0.717) is 0 Å². The van der Waals surface area contributed by atoms with E-state index < -0.39 is 47.3 Å². The van der Waals surface area contributed by atoms with Crippen LogP contribution in [0.5, 0.6) is 11.5 Å². The molecule has 19 N–H and O–H groups in total. The van der Waals surface area contributed by atoms with Gasteiger partial charge < -0.3 is 60.4 Å². The molecule has 0 aliphatic rings. The number of rotatable bonds is 10. The number of carbonyl (C=O) groups is 5. The van der Waals surface area contributed by atoms with E-state index in [0.717, 1.165) is 12.1 Å². The molecule has 0 atom stereocenters. The van der Waals surface area contributed by atoms with Crippen LogP contribution in [0.25, 0.3) is 0 Å². The Kier molecular flexibility index (Phi) is 15.3. The molecule has 55 heavy (non-hydrogen) atoms. The number of carbonyl (C=O) groups excluding carboxylic acids is 4. The average Bonchev–Trinajstić information content (AvgIpc) is 3.09. The molecule has 4 amide bonds. The van der Waals surface area contributed by atoms with Crippen LogP contribution in [0.1, 0.15) is 41.7 Å². The molecule has 0 radical (unpaired) electrons. The number of alkyl halides is 3. The molecule has 296 valence electrons. The minimum atomic E-state index is -5.08. The van der Waals surface area contributed by atoms with Gasteiger partial charge in [0.15, 0.2) is 68.4 Å². The molecule has 3 aromatic rings. The van der Waals surface area contributed by atoms with Crippen molar-refractivity contribution in [3.05, 3.63) is 45.0 Å². The maximum Gasteiger partial charge on any atom is 0.490 e. The zero-order chi connectivity index (χ0) is 41.8. The number of hydrogen-bond donors (Lipinski definition) is 13. The topological polar surface area (TPSA) is 427 Å². The molecular formula is C26H29Cl2F3N16O8. The highest BCUT2D eigenvalue weighted by Gasteiger charge is 2.38. The largest absolute Gasteiger partial charge is 0.504 e. The lowest BCUT2D eigenvalue weighted by Gasteiger charge is -2.11. The van der Waals surface area contributed by atoms with Gasteiger partial charge in [0.25, 0.3) is 23.6 Å². The summed E-state index contributed by atoms with van der Waals surface area (Å²) in [5.74, 6) is -9.47. The minimum absolute atomic E-state index is 0.119. The number of benzene rings is 1. The predicted molar refractivity (Wildman–Crippen MR) is 188 cm³/mol. The van der Waals surface area contributed by atoms with E-state index in [-0.39, 0.29) is 94.2 Å². The Labute approximate surface area is 314 Å². The van der Waals surface area contributed by atoms with Crippen molar-refractivity contribution in [1.82, 2.24) is 41.2 Å². The fraction of sp³-hybridized carbons (Fsp3) is 0.192. The van der Waals surface area contributed by atoms with Gasteiger partial charge in [-0.15, -0.1) is 0 Å². The number of amides is 4. The number of phenolic OH excluding ortho intramolecular Hbond substituents is 2. The second-order valence-electron chi connectivity index (χ2n) is 9.88. The Morgan fingerprint density at radius 3 is 1.29 bits per heavy atom. The summed E-state index contributed by atoms with van der Waals surface area (Å²) in [7, 11) is 0. The third-order valence-electron chi connectivity index (χ3n) is 5.97. The maximum atomic E-state index is 12.5. The minimum Gasteiger partial charge on any atom is -0.504 e. The predicted octanol–water partition coefficient (Wildman–Crippen LogP) is -2.10. The van der Waals surface area contributed by atoms with Crippen LogP contribution in [-0.2, 0) is 4.79 Å². The molecule has 0 aliphatic heterocycles. The lowest BCUT2D eigenvalue weighted by Crippen LogP contribution is -2.38. The summed E-state index contributed by atoms with van der Waals surface area (Å²) in [4.78, 5) is 81.0. The number of guanidine groups is 2. The van der Waals surface area contributed by atoms with Gasteiger partial charge in [0.2, 0.25) is 0 Å². The number of nitrogens with zero attached hydrogens (tertiary/aromatic N) is 6. The van der Waals surface area contributed by atoms with E-state index in [1.165, 1.54) is 0 Å². The first-order valence-corrected chi connectivity index (χ1v) is 15.1. The summed E-state index contributed by atoms with van der Waals surface area (Å²) >= 11 is 11.5. The Morgan fingerprint density at radius 2 is 0.982 bits per heavy atom. The van der Waals surface area contributed by atoms with E-state index in [1.807, 2.05) is 0 Å². The molecule has 29 heteroatoms. The number of anilines is 4. The highest BCUT2D eigenvalue weighted by Crippen LogP contribution is 2.32. The van der Waals surface area contributed by atoms with Gasteiger partial charge in [0.05, 0.1) is 24.2 Å². The van der Waals surface area contributed by atoms with Crippen molar-refractivity contribution in [3.63, 3.8) is 0 Å². The number of nitrogens with two attached hydrogens (primary N) is 6. The van der Waals surface area contributed by atoms with Gasteiger partial charge in [0, 0.05) is 13.1 Å². The number of aromatic nitrogens is 4. The van der Waals surface area contributed by atoms with Gasteiger partial charge in [-0.2, -0.15) is 13.2 Å². The van der Waals surface area contributed by atoms with Crippen molar-refractivity contribution in [3.8, 4) is 11.5 Å². The molecule has 0 bridgehead atoms. The van der Waals surface area contributed by atoms with E-state index in [9.17, 15) is 42.6 Å². The summed E-state index contributed by atoms with van der Waals surface area (Å²) in [6.45, 7) is -0.481. The van der Waals surface area contributed by atoms with Crippen molar-refractivity contribution in [2.24, 2.45) is 21.5 Å². The van der Waals surface area contributed by atoms with Gasteiger partial charge in [0.1, 0.15) is 0 Å². The molecule has 24 nitrogen and oxygen atoms in total. The highest BCUT2D eigenvalue weighted by atomic mass is 35.5. The van der Waals surface area contributed by atoms with Gasteiger partial charge in [-0.1, -0.05) is 23.2 Å². The average molecular weight is 822 g/mol. The molecule has 0 aliphatic carbocycles. The Bertz CT molecular complexity index is 1920. The van der Waals surface area contributed by atoms with Crippen LogP contribution in [0.15, 0.2) is 22.1 Å². The lowest BCUT2D eigenvalue weighted by atomic mass is 10.1. The van der Waals surface area contributed by atoms with Crippen LogP contribution >= 0.6 is 23.2 Å². The standard InChI is InChI=1S/C24H28Cl2N16O6.C2HF3O2/c25-13-17(29)39-15(27)9(37-13)21(47)41-23(31)35-5-3-33-19(45)7-1-2-8(12(44)11(7)43)20(46)34-4-6-36-24(32)42-22(48)10-16(28)40-18(30)14(26)38-10;3-2(4,5)1(6)7/h1-2,43-44H,3-6H2,(H,33,45)(H,34,46)(H4,27,29,39)(H4,28,30,40)(H3,31,35,41,47)(H3,32,36,42,48);(H,6,7). The number of carboxylic acids is 1. The molecule has 2 heterocycles. The summed E-state index contributed by atoms with van der Waals surface area (Å²) in [5.41, 5.74) is 32.1. The van der Waals surface area contributed by atoms with Gasteiger partial charge >= 0.3 is 12.1 Å². The van der Waals surface area contributed by atoms with Gasteiger partial charge in [-0.05, 0) is 12.1 Å². The van der Waals surface area contributed by atoms with E-state index in [4.69, 9.17) is 67.5 Å². The van der Waals surface area contributed by atoms with Gasteiger partial charge in [-0.25, -0.2) is 24.7 Å². The van der Waals surface area contributed by atoms with Gasteiger partial charge in [-0.3, -0.25) is 39.8 Å². The number of aliphatic imine (C=N–C) groups is 2. The third kappa shape index (κ3) is 12.8. The van der Waals surface area contributed by atoms with Crippen molar-refractivity contribution in [2.45, 2.75) is 6.18 Å². The fourth-order valence-electron chi connectivity index (χ4n) is 3.48. The Morgan fingerprint density at radius 1 is 0.655 bits per heavy atom. The number of halogens is 5. The molecule has 3 rings (SSSR count). The maximum absolute atomic E-state index is 12.5. The van der Waals surface area contributed by atoms with E-state index >= 15 is 0 Å². The van der Waals surface area contributed by atoms with Crippen LogP contribution in [0.2, 0.25) is 10.3 Å². The van der Waals surface area contributed by atoms with Crippen LogP contribution in [0.4, 0.5) is 36.4 Å². The number of aromatic hydroxyl groups is 2. The quantitative estimate of drug-likeness (QED) is 0.0450. The van der Waals surface area contributed by atoms with Crippen LogP contribution in [-0.4, -0.2) is 109 Å². The number of nitrogen functional groups attached to an aromatic ring is 4. The molecule has 2 aromatic heterocycles. The first-order valence-electron chi connectivity index (χ1n) is 14.4. The van der Waals surface area contributed by atoms with E-state index in [1.54, 1.807) is 0 Å². The lowest BCUT2D eigenvalue weighted by molar-refractivity contribution is -0.192. The van der Waals surface area contributed by atoms with Crippen molar-refractivity contribution < 1.29 is 52.5 Å². The second-order valence-corrected chi connectivity index (χ2v) is 10.6. The monoisotopic (exact) mass is 820 g/mol. The first kappa shape index (κ1) is 44.0. The van der Waals surface area contributed by atoms with Crippen LogP contribution in [0.3, 0.4) is 0 Å². The van der Waals surface area contributed by atoms with Crippen molar-refractivity contribution in [1.29, 1.82) is 0 Å². The molecule has 0 fully saturated rings. The van der Waals surface area contributed by atoms with Crippen LogP contribution in [0, 0.1) is 0 Å².